The summed E-state index contributed by atoms with van der Waals surface area (Å²) in [6.45, 7) is 0.0404. The van der Waals surface area contributed by atoms with Crippen LogP contribution in [0.4, 0.5) is 4.39 Å². The molecule has 0 aliphatic rings. The van der Waals surface area contributed by atoms with Crippen molar-refractivity contribution in [3.63, 3.8) is 0 Å². The van der Waals surface area contributed by atoms with E-state index in [9.17, 15) is 14.0 Å². The van der Waals surface area contributed by atoms with Crippen LogP contribution < -0.4 is 10.1 Å². The van der Waals surface area contributed by atoms with Gasteiger partial charge in [0.2, 0.25) is 5.89 Å². The van der Waals surface area contributed by atoms with E-state index in [0.29, 0.717) is 0 Å². The van der Waals surface area contributed by atoms with Crippen LogP contribution in [0.15, 0.2) is 41.0 Å². The maximum atomic E-state index is 12.9. The molecular weight excluding hydrogens is 355 g/mol. The molecule has 0 fully saturated rings. The van der Waals surface area contributed by atoms with Crippen LogP contribution in [-0.2, 0) is 16.1 Å². The zero-order valence-corrected chi connectivity index (χ0v) is 13.9. The van der Waals surface area contributed by atoms with Crippen molar-refractivity contribution in [2.24, 2.45) is 0 Å². The molecule has 7 nitrogen and oxygen atoms in total. The van der Waals surface area contributed by atoms with Crippen molar-refractivity contribution in [2.45, 2.75) is 6.61 Å². The van der Waals surface area contributed by atoms with Gasteiger partial charge in [0, 0.05) is 12.6 Å². The molecule has 0 aliphatic heterocycles. The molecule has 25 heavy (non-hydrogen) atoms. The van der Waals surface area contributed by atoms with Crippen molar-refractivity contribution in [3.8, 4) is 5.75 Å². The van der Waals surface area contributed by atoms with Crippen LogP contribution in [0.25, 0.3) is 0 Å². The van der Waals surface area contributed by atoms with Gasteiger partial charge in [0.25, 0.3) is 5.91 Å². The van der Waals surface area contributed by atoms with Crippen LogP contribution in [0.2, 0.25) is 5.02 Å². The molecule has 0 saturated heterocycles. The molecule has 0 spiro atoms. The van der Waals surface area contributed by atoms with Crippen molar-refractivity contribution >= 4 is 23.5 Å². The SMILES string of the molecule is COC(=O)/C=C/CNC(=O)c1coc(COc2ccc(F)cc2Cl)n1. The van der Waals surface area contributed by atoms with Crippen LogP contribution in [-0.4, -0.2) is 30.5 Å². The molecule has 0 aliphatic carbocycles. The van der Waals surface area contributed by atoms with Crippen molar-refractivity contribution in [2.75, 3.05) is 13.7 Å². The van der Waals surface area contributed by atoms with Crippen molar-refractivity contribution in [1.29, 1.82) is 0 Å². The monoisotopic (exact) mass is 368 g/mol. The fourth-order valence-electron chi connectivity index (χ4n) is 1.68. The molecule has 2 aromatic rings. The predicted octanol–water partition coefficient (Wildman–Crippen LogP) is 2.51. The fraction of sp³-hybridized carbons (Fsp3) is 0.188. The number of halogens is 2. The van der Waals surface area contributed by atoms with Crippen LogP contribution in [0.3, 0.4) is 0 Å². The van der Waals surface area contributed by atoms with Crippen molar-refractivity contribution < 1.29 is 27.9 Å². The molecule has 0 unspecified atom stereocenters. The Hall–Kier alpha value is -2.87. The number of hydrogen-bond donors (Lipinski definition) is 1. The van der Waals surface area contributed by atoms with Gasteiger partial charge in [-0.3, -0.25) is 4.79 Å². The molecule has 9 heteroatoms. The third-order valence-electron chi connectivity index (χ3n) is 2.87. The molecule has 1 amide bonds. The number of rotatable bonds is 7. The van der Waals surface area contributed by atoms with Crippen LogP contribution in [0.1, 0.15) is 16.4 Å². The van der Waals surface area contributed by atoms with E-state index < -0.39 is 17.7 Å². The summed E-state index contributed by atoms with van der Waals surface area (Å²) in [5, 5.41) is 2.63. The minimum absolute atomic E-state index is 0.0512. The summed E-state index contributed by atoms with van der Waals surface area (Å²) in [5.74, 6) is -1.07. The normalized spacial score (nSPS) is 10.7. The average molecular weight is 369 g/mol. The minimum Gasteiger partial charge on any atom is -0.482 e. The molecular formula is C16H14ClFN2O5. The molecule has 1 heterocycles. The highest BCUT2D eigenvalue weighted by Gasteiger charge is 2.12. The lowest BCUT2D eigenvalue weighted by Crippen LogP contribution is -2.23. The second kappa shape index (κ2) is 8.84. The van der Waals surface area contributed by atoms with Gasteiger partial charge in [-0.1, -0.05) is 17.7 Å². The van der Waals surface area contributed by atoms with Gasteiger partial charge in [-0.15, -0.1) is 0 Å². The molecule has 1 aromatic carbocycles. The molecule has 1 aromatic heterocycles. The highest BCUT2D eigenvalue weighted by atomic mass is 35.5. The molecule has 0 bridgehead atoms. The summed E-state index contributed by atoms with van der Waals surface area (Å²) >= 11 is 5.84. The lowest BCUT2D eigenvalue weighted by Gasteiger charge is -2.05. The zero-order valence-electron chi connectivity index (χ0n) is 13.1. The summed E-state index contributed by atoms with van der Waals surface area (Å²) < 4.78 is 27.8. The first kappa shape index (κ1) is 18.5. The molecule has 132 valence electrons. The van der Waals surface area contributed by atoms with Gasteiger partial charge < -0.3 is 19.2 Å². The number of carbonyl (C=O) groups is 2. The number of hydrogen-bond acceptors (Lipinski definition) is 6. The molecule has 0 saturated carbocycles. The minimum atomic E-state index is -0.519. The Bertz CT molecular complexity index is 791. The van der Waals surface area contributed by atoms with E-state index >= 15 is 0 Å². The number of benzene rings is 1. The van der Waals surface area contributed by atoms with Gasteiger partial charge in [-0.05, 0) is 18.2 Å². The number of ether oxygens (including phenoxy) is 2. The fourth-order valence-corrected chi connectivity index (χ4v) is 1.90. The Kier molecular flexibility index (Phi) is 6.53. The number of carbonyl (C=O) groups excluding carboxylic acids is 2. The number of esters is 1. The Morgan fingerprint density at radius 3 is 2.96 bits per heavy atom. The predicted molar refractivity (Wildman–Crippen MR) is 85.7 cm³/mol. The van der Waals surface area contributed by atoms with Crippen molar-refractivity contribution in [1.82, 2.24) is 10.3 Å². The lowest BCUT2D eigenvalue weighted by molar-refractivity contribution is -0.134. The second-order valence-corrected chi connectivity index (χ2v) is 5.03. The van der Waals surface area contributed by atoms with Gasteiger partial charge >= 0.3 is 5.97 Å². The van der Waals surface area contributed by atoms with E-state index in [1.807, 2.05) is 0 Å². The summed E-state index contributed by atoms with van der Waals surface area (Å²) in [7, 11) is 1.25. The van der Waals surface area contributed by atoms with E-state index in [0.717, 1.165) is 6.07 Å². The Morgan fingerprint density at radius 2 is 2.24 bits per heavy atom. The van der Waals surface area contributed by atoms with Crippen LogP contribution in [0.5, 0.6) is 5.75 Å². The summed E-state index contributed by atoms with van der Waals surface area (Å²) in [4.78, 5) is 26.7. The van der Waals surface area contributed by atoms with E-state index in [4.69, 9.17) is 20.8 Å². The number of oxazole rings is 1. The van der Waals surface area contributed by atoms with E-state index in [-0.39, 0.29) is 35.5 Å². The topological polar surface area (TPSA) is 90.7 Å². The number of amides is 1. The number of nitrogens with one attached hydrogen (secondary N) is 1. The summed E-state index contributed by atoms with van der Waals surface area (Å²) in [6.07, 6.45) is 3.80. The Balaban J connectivity index is 1.85. The molecule has 0 atom stereocenters. The van der Waals surface area contributed by atoms with Gasteiger partial charge in [-0.2, -0.15) is 0 Å². The zero-order chi connectivity index (χ0) is 18.2. The van der Waals surface area contributed by atoms with E-state index in [2.05, 4.69) is 15.0 Å². The Labute approximate surface area is 147 Å². The highest BCUT2D eigenvalue weighted by Crippen LogP contribution is 2.25. The van der Waals surface area contributed by atoms with E-state index in [1.54, 1.807) is 0 Å². The molecule has 1 N–H and O–H groups in total. The first-order chi connectivity index (χ1) is 12.0. The van der Waals surface area contributed by atoms with Crippen molar-refractivity contribution in [3.05, 3.63) is 59.0 Å². The Morgan fingerprint density at radius 1 is 1.44 bits per heavy atom. The summed E-state index contributed by atoms with van der Waals surface area (Å²) in [6, 6.07) is 3.70. The maximum absolute atomic E-state index is 12.9. The van der Waals surface area contributed by atoms with Gasteiger partial charge in [0.1, 0.15) is 17.8 Å². The first-order valence-corrected chi connectivity index (χ1v) is 7.42. The quantitative estimate of drug-likeness (QED) is 0.596. The lowest BCUT2D eigenvalue weighted by atomic mass is 10.3. The van der Waals surface area contributed by atoms with Gasteiger partial charge in [0.05, 0.1) is 12.1 Å². The number of methoxy groups -OCH3 is 1. The standard InChI is InChI=1S/C16H14ClFN2O5/c1-23-15(21)3-2-6-19-16(22)12-8-25-14(20-12)9-24-13-5-4-10(18)7-11(13)17/h2-5,7-8H,6,9H2,1H3,(H,19,22)/b3-2+. The smallest absolute Gasteiger partial charge is 0.330 e. The van der Waals surface area contributed by atoms with Gasteiger partial charge in [-0.25, -0.2) is 14.2 Å². The largest absolute Gasteiger partial charge is 0.482 e. The number of aromatic nitrogens is 1. The van der Waals surface area contributed by atoms with Gasteiger partial charge in [0.15, 0.2) is 12.3 Å². The molecule has 0 radical (unpaired) electrons. The van der Waals surface area contributed by atoms with E-state index in [1.165, 1.54) is 37.7 Å². The van der Waals surface area contributed by atoms with Crippen LogP contribution in [0, 0.1) is 5.82 Å². The first-order valence-electron chi connectivity index (χ1n) is 7.04. The molecule has 2 rings (SSSR count). The third kappa shape index (κ3) is 5.61. The summed E-state index contributed by atoms with van der Waals surface area (Å²) in [5.41, 5.74) is 0.0512. The third-order valence-corrected chi connectivity index (χ3v) is 3.16. The number of nitrogens with zero attached hydrogens (tertiary/aromatic N) is 1. The van der Waals surface area contributed by atoms with Crippen LogP contribution >= 0.6 is 11.6 Å². The average Bonchev–Trinajstić information content (AvgIpc) is 3.06. The second-order valence-electron chi connectivity index (χ2n) is 4.63. The highest BCUT2D eigenvalue weighted by molar-refractivity contribution is 6.32. The maximum Gasteiger partial charge on any atom is 0.330 e.